The molecule has 0 aliphatic rings. The average molecular weight is 304 g/mol. The van der Waals surface area contributed by atoms with Crippen LogP contribution in [0.2, 0.25) is 0 Å². The summed E-state index contributed by atoms with van der Waals surface area (Å²) in [6, 6.07) is 13.8. The summed E-state index contributed by atoms with van der Waals surface area (Å²) in [6.45, 7) is 2.56. The van der Waals surface area contributed by atoms with Crippen LogP contribution >= 0.6 is 0 Å². The molecule has 4 rings (SSSR count). The quantitative estimate of drug-likeness (QED) is 0.633. The summed E-state index contributed by atoms with van der Waals surface area (Å²) in [7, 11) is 0. The van der Waals surface area contributed by atoms with E-state index in [4.69, 9.17) is 0 Å². The number of rotatable bonds is 3. The standard InChI is InChI=1S/C18H16N4O/c1-2-12-7-8-14-13(9-12)18(23)21-17(20-14)10-22-11-19-15-5-3-4-6-16(15)22/h3-9,11H,2,10H2,1H3,(H,20,21,23). The summed E-state index contributed by atoms with van der Waals surface area (Å²) in [5.41, 5.74) is 3.73. The van der Waals surface area contributed by atoms with Crippen molar-refractivity contribution < 1.29 is 0 Å². The molecule has 5 nitrogen and oxygen atoms in total. The molecule has 0 bridgehead atoms. The molecule has 0 amide bonds. The Bertz CT molecular complexity index is 1060. The van der Waals surface area contributed by atoms with Gasteiger partial charge in [0.05, 0.1) is 34.8 Å². The van der Waals surface area contributed by atoms with Gasteiger partial charge in [0.15, 0.2) is 0 Å². The van der Waals surface area contributed by atoms with Gasteiger partial charge in [0, 0.05) is 0 Å². The average Bonchev–Trinajstić information content (AvgIpc) is 2.98. The highest BCUT2D eigenvalue weighted by Crippen LogP contribution is 2.14. The lowest BCUT2D eigenvalue weighted by molar-refractivity contribution is 0.765. The molecule has 5 heteroatoms. The van der Waals surface area contributed by atoms with E-state index in [2.05, 4.69) is 21.9 Å². The van der Waals surface area contributed by atoms with Gasteiger partial charge in [-0.2, -0.15) is 0 Å². The Morgan fingerprint density at radius 3 is 2.87 bits per heavy atom. The number of aromatic amines is 1. The Hall–Kier alpha value is -2.95. The maximum absolute atomic E-state index is 12.3. The number of imidazole rings is 1. The first-order chi connectivity index (χ1) is 11.2. The van der Waals surface area contributed by atoms with Gasteiger partial charge in [-0.15, -0.1) is 0 Å². The van der Waals surface area contributed by atoms with E-state index in [1.165, 1.54) is 0 Å². The van der Waals surface area contributed by atoms with Crippen LogP contribution in [0.25, 0.3) is 21.9 Å². The molecule has 0 saturated heterocycles. The minimum Gasteiger partial charge on any atom is -0.323 e. The molecule has 0 atom stereocenters. The molecule has 0 aliphatic carbocycles. The van der Waals surface area contributed by atoms with E-state index in [-0.39, 0.29) is 5.56 Å². The SMILES string of the molecule is CCc1ccc2nc(Cn3cnc4ccccc43)[nH]c(=O)c2c1. The molecule has 0 unspecified atom stereocenters. The van der Waals surface area contributed by atoms with Crippen molar-refractivity contribution in [2.75, 3.05) is 0 Å². The highest BCUT2D eigenvalue weighted by atomic mass is 16.1. The Morgan fingerprint density at radius 1 is 1.13 bits per heavy atom. The largest absolute Gasteiger partial charge is 0.323 e. The van der Waals surface area contributed by atoms with E-state index in [9.17, 15) is 4.79 Å². The predicted octanol–water partition coefficient (Wildman–Crippen LogP) is 2.88. The van der Waals surface area contributed by atoms with Crippen molar-refractivity contribution in [3.8, 4) is 0 Å². The number of hydrogen-bond acceptors (Lipinski definition) is 3. The highest BCUT2D eigenvalue weighted by molar-refractivity contribution is 5.78. The molecule has 0 spiro atoms. The summed E-state index contributed by atoms with van der Waals surface area (Å²) >= 11 is 0. The first-order valence-electron chi connectivity index (χ1n) is 7.66. The van der Waals surface area contributed by atoms with Crippen molar-refractivity contribution in [1.82, 2.24) is 19.5 Å². The zero-order chi connectivity index (χ0) is 15.8. The lowest BCUT2D eigenvalue weighted by Gasteiger charge is -2.06. The maximum atomic E-state index is 12.3. The third-order valence-corrected chi connectivity index (χ3v) is 4.07. The second kappa shape index (κ2) is 5.35. The summed E-state index contributed by atoms with van der Waals surface area (Å²) in [5, 5.41) is 0.642. The number of para-hydroxylation sites is 2. The zero-order valence-corrected chi connectivity index (χ0v) is 12.8. The molecule has 2 heterocycles. The van der Waals surface area contributed by atoms with Crippen LogP contribution in [0.3, 0.4) is 0 Å². The second-order valence-corrected chi connectivity index (χ2v) is 5.58. The number of aryl methyl sites for hydroxylation is 1. The molecule has 114 valence electrons. The van der Waals surface area contributed by atoms with Gasteiger partial charge in [0.2, 0.25) is 0 Å². The molecular weight excluding hydrogens is 288 g/mol. The van der Waals surface area contributed by atoms with E-state index in [0.717, 1.165) is 28.5 Å². The van der Waals surface area contributed by atoms with Crippen LogP contribution in [0.4, 0.5) is 0 Å². The number of benzene rings is 2. The van der Waals surface area contributed by atoms with Gasteiger partial charge in [-0.05, 0) is 36.2 Å². The topological polar surface area (TPSA) is 63.6 Å². The molecular formula is C18H16N4O. The summed E-state index contributed by atoms with van der Waals surface area (Å²) in [5.74, 6) is 0.634. The van der Waals surface area contributed by atoms with E-state index < -0.39 is 0 Å². The normalized spacial score (nSPS) is 11.3. The van der Waals surface area contributed by atoms with Crippen LogP contribution in [0.15, 0.2) is 53.6 Å². The van der Waals surface area contributed by atoms with Crippen molar-refractivity contribution >= 4 is 21.9 Å². The van der Waals surface area contributed by atoms with Gasteiger partial charge in [-0.3, -0.25) is 4.79 Å². The number of H-pyrrole nitrogens is 1. The highest BCUT2D eigenvalue weighted by Gasteiger charge is 2.07. The van der Waals surface area contributed by atoms with E-state index in [1.807, 2.05) is 47.0 Å². The molecule has 0 radical (unpaired) electrons. The Labute approximate surface area is 132 Å². The summed E-state index contributed by atoms with van der Waals surface area (Å²) in [6.07, 6.45) is 2.67. The number of nitrogens with one attached hydrogen (secondary N) is 1. The molecule has 0 saturated carbocycles. The number of hydrogen-bond donors (Lipinski definition) is 1. The van der Waals surface area contributed by atoms with Crippen LogP contribution in [0.5, 0.6) is 0 Å². The lowest BCUT2D eigenvalue weighted by atomic mass is 10.1. The summed E-state index contributed by atoms with van der Waals surface area (Å²) in [4.78, 5) is 24.2. The zero-order valence-electron chi connectivity index (χ0n) is 12.8. The monoisotopic (exact) mass is 304 g/mol. The van der Waals surface area contributed by atoms with Crippen molar-refractivity contribution in [3.63, 3.8) is 0 Å². The molecule has 0 fully saturated rings. The predicted molar refractivity (Wildman–Crippen MR) is 90.6 cm³/mol. The third kappa shape index (κ3) is 2.40. The van der Waals surface area contributed by atoms with Crippen LogP contribution < -0.4 is 5.56 Å². The molecule has 1 N–H and O–H groups in total. The lowest BCUT2D eigenvalue weighted by Crippen LogP contribution is -2.14. The van der Waals surface area contributed by atoms with E-state index in [1.54, 1.807) is 6.33 Å². The molecule has 2 aromatic heterocycles. The smallest absolute Gasteiger partial charge is 0.258 e. The number of nitrogens with zero attached hydrogens (tertiary/aromatic N) is 3. The second-order valence-electron chi connectivity index (χ2n) is 5.58. The van der Waals surface area contributed by atoms with Crippen LogP contribution in [0.1, 0.15) is 18.3 Å². The molecule has 23 heavy (non-hydrogen) atoms. The molecule has 2 aromatic carbocycles. The minimum atomic E-state index is -0.0929. The Balaban J connectivity index is 1.79. The van der Waals surface area contributed by atoms with Crippen molar-refractivity contribution in [1.29, 1.82) is 0 Å². The first kappa shape index (κ1) is 13.7. The van der Waals surface area contributed by atoms with Gasteiger partial charge in [-0.25, -0.2) is 9.97 Å². The van der Waals surface area contributed by atoms with Gasteiger partial charge < -0.3 is 9.55 Å². The minimum absolute atomic E-state index is 0.0929. The first-order valence-corrected chi connectivity index (χ1v) is 7.66. The van der Waals surface area contributed by atoms with Gasteiger partial charge in [0.1, 0.15) is 5.82 Å². The Kier molecular flexibility index (Phi) is 3.19. The van der Waals surface area contributed by atoms with Crippen LogP contribution in [0, 0.1) is 0 Å². The summed E-state index contributed by atoms with van der Waals surface area (Å²) < 4.78 is 1.99. The Morgan fingerprint density at radius 2 is 2.00 bits per heavy atom. The van der Waals surface area contributed by atoms with Gasteiger partial charge in [-0.1, -0.05) is 25.1 Å². The van der Waals surface area contributed by atoms with Crippen molar-refractivity contribution in [2.24, 2.45) is 0 Å². The number of fused-ring (bicyclic) bond motifs is 2. The maximum Gasteiger partial charge on any atom is 0.258 e. The van der Waals surface area contributed by atoms with E-state index >= 15 is 0 Å². The number of aromatic nitrogens is 4. The van der Waals surface area contributed by atoms with Gasteiger partial charge in [0.25, 0.3) is 5.56 Å². The third-order valence-electron chi connectivity index (χ3n) is 4.07. The van der Waals surface area contributed by atoms with Crippen LogP contribution in [-0.4, -0.2) is 19.5 Å². The fraction of sp³-hybridized carbons (Fsp3) is 0.167. The van der Waals surface area contributed by atoms with Crippen molar-refractivity contribution in [3.05, 3.63) is 70.5 Å². The van der Waals surface area contributed by atoms with Crippen LogP contribution in [-0.2, 0) is 13.0 Å². The fourth-order valence-electron chi connectivity index (χ4n) is 2.83. The van der Waals surface area contributed by atoms with Gasteiger partial charge >= 0.3 is 0 Å². The molecule has 4 aromatic rings. The fourth-order valence-corrected chi connectivity index (χ4v) is 2.83. The molecule has 0 aliphatic heterocycles. The van der Waals surface area contributed by atoms with E-state index in [0.29, 0.717) is 17.8 Å². The van der Waals surface area contributed by atoms with Crippen molar-refractivity contribution in [2.45, 2.75) is 19.9 Å².